The van der Waals surface area contributed by atoms with Crippen LogP contribution in [0.25, 0.3) is 0 Å². The van der Waals surface area contributed by atoms with Crippen LogP contribution in [-0.2, 0) is 6.54 Å². The molecule has 1 aliphatic heterocycles. The molecule has 0 saturated carbocycles. The first-order chi connectivity index (χ1) is 10.7. The minimum Gasteiger partial charge on any atom is -0.354 e. The molecule has 2 aromatic rings. The molecule has 1 aliphatic rings. The van der Waals surface area contributed by atoms with Gasteiger partial charge in [0.05, 0.1) is 12.0 Å². The summed E-state index contributed by atoms with van der Waals surface area (Å²) in [6.45, 7) is 7.20. The predicted molar refractivity (Wildman–Crippen MR) is 87.8 cm³/mol. The van der Waals surface area contributed by atoms with Gasteiger partial charge in [-0.2, -0.15) is 0 Å². The van der Waals surface area contributed by atoms with E-state index in [1.807, 2.05) is 18.5 Å². The number of aromatic amines is 1. The second kappa shape index (κ2) is 6.89. The van der Waals surface area contributed by atoms with Crippen LogP contribution in [0.4, 0.5) is 5.82 Å². The van der Waals surface area contributed by atoms with Crippen LogP contribution >= 0.6 is 0 Å². The van der Waals surface area contributed by atoms with E-state index in [9.17, 15) is 0 Å². The molecule has 1 fully saturated rings. The topological polar surface area (TPSA) is 60.1 Å². The number of piperazine rings is 1. The third-order valence-electron chi connectivity index (χ3n) is 4.25. The van der Waals surface area contributed by atoms with Crippen LogP contribution in [0, 0.1) is 0 Å². The zero-order valence-corrected chi connectivity index (χ0v) is 13.3. The van der Waals surface area contributed by atoms with Gasteiger partial charge in [-0.05, 0) is 20.0 Å². The van der Waals surface area contributed by atoms with E-state index in [0.29, 0.717) is 0 Å². The van der Waals surface area contributed by atoms with Gasteiger partial charge in [0.2, 0.25) is 0 Å². The second-order valence-corrected chi connectivity index (χ2v) is 5.89. The molecule has 1 atom stereocenters. The SMILES string of the molecule is CC(NCc1cccnc1N1CCN(C)CC1)c1cnc[nH]1. The number of imidazole rings is 1. The average Bonchev–Trinajstić information content (AvgIpc) is 3.08. The zero-order chi connectivity index (χ0) is 15.4. The molecule has 3 heterocycles. The molecule has 1 unspecified atom stereocenters. The second-order valence-electron chi connectivity index (χ2n) is 5.89. The highest BCUT2D eigenvalue weighted by Gasteiger charge is 2.18. The van der Waals surface area contributed by atoms with Crippen LogP contribution in [0.1, 0.15) is 24.2 Å². The lowest BCUT2D eigenvalue weighted by atomic mass is 10.2. The number of nitrogens with one attached hydrogen (secondary N) is 2. The van der Waals surface area contributed by atoms with Gasteiger partial charge in [0, 0.05) is 56.7 Å². The fraction of sp³-hybridized carbons (Fsp3) is 0.500. The molecule has 0 bridgehead atoms. The van der Waals surface area contributed by atoms with E-state index in [2.05, 4.69) is 50.1 Å². The van der Waals surface area contributed by atoms with Crippen molar-refractivity contribution in [3.63, 3.8) is 0 Å². The van der Waals surface area contributed by atoms with Crippen LogP contribution in [0.5, 0.6) is 0 Å². The lowest BCUT2D eigenvalue weighted by molar-refractivity contribution is 0.311. The molecule has 0 radical (unpaired) electrons. The average molecular weight is 300 g/mol. The molecule has 6 nitrogen and oxygen atoms in total. The number of nitrogens with zero attached hydrogens (tertiary/aromatic N) is 4. The van der Waals surface area contributed by atoms with Crippen molar-refractivity contribution in [2.45, 2.75) is 19.5 Å². The van der Waals surface area contributed by atoms with Crippen LogP contribution < -0.4 is 10.2 Å². The maximum absolute atomic E-state index is 4.62. The van der Waals surface area contributed by atoms with Crippen LogP contribution in [0.15, 0.2) is 30.9 Å². The first-order valence-electron chi connectivity index (χ1n) is 7.83. The lowest BCUT2D eigenvalue weighted by Crippen LogP contribution is -2.45. The van der Waals surface area contributed by atoms with E-state index < -0.39 is 0 Å². The van der Waals surface area contributed by atoms with Gasteiger partial charge in [-0.25, -0.2) is 9.97 Å². The number of pyridine rings is 1. The van der Waals surface area contributed by atoms with E-state index in [1.165, 1.54) is 5.56 Å². The van der Waals surface area contributed by atoms with Crippen molar-refractivity contribution in [3.8, 4) is 0 Å². The van der Waals surface area contributed by atoms with Crippen molar-refractivity contribution in [2.75, 3.05) is 38.1 Å². The third kappa shape index (κ3) is 3.45. The van der Waals surface area contributed by atoms with Crippen molar-refractivity contribution >= 4 is 5.82 Å². The van der Waals surface area contributed by atoms with Crippen molar-refractivity contribution in [3.05, 3.63) is 42.1 Å². The highest BCUT2D eigenvalue weighted by molar-refractivity contribution is 5.47. The van der Waals surface area contributed by atoms with Crippen LogP contribution in [0.2, 0.25) is 0 Å². The summed E-state index contributed by atoms with van der Waals surface area (Å²) in [6.07, 6.45) is 5.46. The molecule has 0 aromatic carbocycles. The quantitative estimate of drug-likeness (QED) is 0.874. The van der Waals surface area contributed by atoms with Crippen LogP contribution in [-0.4, -0.2) is 53.1 Å². The Morgan fingerprint density at radius 2 is 2.14 bits per heavy atom. The Bertz CT molecular complexity index is 574. The first-order valence-corrected chi connectivity index (χ1v) is 7.83. The molecule has 2 N–H and O–H groups in total. The number of hydrogen-bond donors (Lipinski definition) is 2. The molecule has 3 rings (SSSR count). The molecule has 0 amide bonds. The molecule has 1 saturated heterocycles. The minimum absolute atomic E-state index is 0.239. The van der Waals surface area contributed by atoms with Gasteiger partial charge in [0.1, 0.15) is 5.82 Å². The summed E-state index contributed by atoms with van der Waals surface area (Å²) in [4.78, 5) is 16.6. The lowest BCUT2D eigenvalue weighted by Gasteiger charge is -2.34. The molecule has 0 aliphatic carbocycles. The summed E-state index contributed by atoms with van der Waals surface area (Å²) < 4.78 is 0. The van der Waals surface area contributed by atoms with Gasteiger partial charge in [-0.15, -0.1) is 0 Å². The molecular weight excluding hydrogens is 276 g/mol. The summed E-state index contributed by atoms with van der Waals surface area (Å²) in [7, 11) is 2.17. The Balaban J connectivity index is 1.66. The van der Waals surface area contributed by atoms with Gasteiger partial charge in [-0.3, -0.25) is 0 Å². The summed E-state index contributed by atoms with van der Waals surface area (Å²) in [5.74, 6) is 1.11. The van der Waals surface area contributed by atoms with Crippen molar-refractivity contribution < 1.29 is 0 Å². The van der Waals surface area contributed by atoms with Crippen LogP contribution in [0.3, 0.4) is 0 Å². The number of hydrogen-bond acceptors (Lipinski definition) is 5. The standard InChI is InChI=1S/C16H24N6/c1-13(15-11-17-12-20-15)19-10-14-4-3-5-18-16(14)22-8-6-21(2)7-9-22/h3-5,11-13,19H,6-10H2,1-2H3,(H,17,20). The third-order valence-corrected chi connectivity index (χ3v) is 4.25. The molecule has 0 spiro atoms. The molecule has 118 valence electrons. The van der Waals surface area contributed by atoms with E-state index in [-0.39, 0.29) is 6.04 Å². The number of aromatic nitrogens is 3. The fourth-order valence-corrected chi connectivity index (χ4v) is 2.75. The molecular formula is C16H24N6. The summed E-state index contributed by atoms with van der Waals surface area (Å²) in [5, 5.41) is 3.54. The smallest absolute Gasteiger partial charge is 0.133 e. The number of H-pyrrole nitrogens is 1. The van der Waals surface area contributed by atoms with E-state index >= 15 is 0 Å². The van der Waals surface area contributed by atoms with E-state index in [4.69, 9.17) is 0 Å². The largest absolute Gasteiger partial charge is 0.354 e. The Morgan fingerprint density at radius 1 is 1.32 bits per heavy atom. The normalized spacial score (nSPS) is 17.6. The number of anilines is 1. The molecule has 6 heteroatoms. The number of rotatable bonds is 5. The van der Waals surface area contributed by atoms with Gasteiger partial charge in [0.25, 0.3) is 0 Å². The van der Waals surface area contributed by atoms with E-state index in [0.717, 1.165) is 44.2 Å². The van der Waals surface area contributed by atoms with Crippen molar-refractivity contribution in [1.29, 1.82) is 0 Å². The highest BCUT2D eigenvalue weighted by atomic mass is 15.3. The maximum Gasteiger partial charge on any atom is 0.133 e. The van der Waals surface area contributed by atoms with Gasteiger partial charge < -0.3 is 20.1 Å². The minimum atomic E-state index is 0.239. The van der Waals surface area contributed by atoms with Gasteiger partial charge >= 0.3 is 0 Å². The van der Waals surface area contributed by atoms with E-state index in [1.54, 1.807) is 6.33 Å². The highest BCUT2D eigenvalue weighted by Crippen LogP contribution is 2.19. The van der Waals surface area contributed by atoms with Gasteiger partial charge in [-0.1, -0.05) is 6.07 Å². The first kappa shape index (κ1) is 15.0. The Hall–Kier alpha value is -1.92. The summed E-state index contributed by atoms with van der Waals surface area (Å²) in [5.41, 5.74) is 2.35. The van der Waals surface area contributed by atoms with Crippen molar-refractivity contribution in [1.82, 2.24) is 25.2 Å². The predicted octanol–water partition coefficient (Wildman–Crippen LogP) is 1.41. The Morgan fingerprint density at radius 3 is 2.86 bits per heavy atom. The monoisotopic (exact) mass is 300 g/mol. The molecule has 22 heavy (non-hydrogen) atoms. The summed E-state index contributed by atoms with van der Waals surface area (Å²) >= 11 is 0. The van der Waals surface area contributed by atoms with Crippen molar-refractivity contribution in [2.24, 2.45) is 0 Å². The maximum atomic E-state index is 4.62. The Kier molecular flexibility index (Phi) is 4.70. The molecule has 2 aromatic heterocycles. The summed E-state index contributed by atoms with van der Waals surface area (Å²) in [6, 6.07) is 4.41. The Labute approximate surface area is 131 Å². The number of likely N-dealkylation sites (N-methyl/N-ethyl adjacent to an activating group) is 1. The zero-order valence-electron chi connectivity index (χ0n) is 13.3. The fourth-order valence-electron chi connectivity index (χ4n) is 2.75. The van der Waals surface area contributed by atoms with Gasteiger partial charge in [0.15, 0.2) is 0 Å².